The first-order valence-corrected chi connectivity index (χ1v) is 6.04. The van der Waals surface area contributed by atoms with E-state index < -0.39 is 0 Å². The Morgan fingerprint density at radius 1 is 1.24 bits per heavy atom. The standard InChI is InChI=1S/C14H20O3/c1-3-11-17-14(15)6-4-5-12-7-9-13(16-2)10-8-12/h7-10H,3-6,11H2,1-2H3. The van der Waals surface area contributed by atoms with Crippen LogP contribution in [-0.2, 0) is 16.0 Å². The lowest BCUT2D eigenvalue weighted by atomic mass is 10.1. The zero-order chi connectivity index (χ0) is 12.5. The Morgan fingerprint density at radius 3 is 2.53 bits per heavy atom. The Bertz CT molecular complexity index is 330. The van der Waals surface area contributed by atoms with Gasteiger partial charge in [0, 0.05) is 6.42 Å². The number of esters is 1. The number of aryl methyl sites for hydroxylation is 1. The predicted octanol–water partition coefficient (Wildman–Crippen LogP) is 2.97. The molecule has 0 aromatic heterocycles. The van der Waals surface area contributed by atoms with E-state index in [9.17, 15) is 4.79 Å². The van der Waals surface area contributed by atoms with Crippen molar-refractivity contribution in [3.8, 4) is 5.75 Å². The Morgan fingerprint density at radius 2 is 1.94 bits per heavy atom. The van der Waals surface area contributed by atoms with Crippen LogP contribution in [0.4, 0.5) is 0 Å². The van der Waals surface area contributed by atoms with Gasteiger partial charge < -0.3 is 9.47 Å². The topological polar surface area (TPSA) is 35.5 Å². The number of benzene rings is 1. The van der Waals surface area contributed by atoms with Crippen LogP contribution >= 0.6 is 0 Å². The second-order valence-corrected chi connectivity index (χ2v) is 3.92. The minimum atomic E-state index is -0.0969. The number of hydrogen-bond donors (Lipinski definition) is 0. The quantitative estimate of drug-likeness (QED) is 0.683. The fourth-order valence-corrected chi connectivity index (χ4v) is 1.52. The molecule has 0 spiro atoms. The molecule has 1 aromatic rings. The first-order valence-electron chi connectivity index (χ1n) is 6.04. The number of carbonyl (C=O) groups is 1. The number of ether oxygens (including phenoxy) is 2. The molecule has 0 amide bonds. The third-order valence-electron chi connectivity index (χ3n) is 2.47. The van der Waals surface area contributed by atoms with E-state index >= 15 is 0 Å². The second-order valence-electron chi connectivity index (χ2n) is 3.92. The Kier molecular flexibility index (Phi) is 6.15. The molecule has 0 atom stereocenters. The van der Waals surface area contributed by atoms with Gasteiger partial charge in [0.1, 0.15) is 5.75 Å². The van der Waals surface area contributed by atoms with Gasteiger partial charge in [0.2, 0.25) is 0 Å². The molecule has 0 aliphatic rings. The van der Waals surface area contributed by atoms with E-state index in [1.165, 1.54) is 5.56 Å². The molecule has 0 unspecified atom stereocenters. The van der Waals surface area contributed by atoms with Crippen LogP contribution in [0.1, 0.15) is 31.7 Å². The summed E-state index contributed by atoms with van der Waals surface area (Å²) < 4.78 is 10.1. The Hall–Kier alpha value is -1.51. The molecule has 0 heterocycles. The summed E-state index contributed by atoms with van der Waals surface area (Å²) in [6.07, 6.45) is 3.09. The third-order valence-corrected chi connectivity index (χ3v) is 2.47. The van der Waals surface area contributed by atoms with Crippen LogP contribution in [0.3, 0.4) is 0 Å². The van der Waals surface area contributed by atoms with Crippen molar-refractivity contribution in [1.29, 1.82) is 0 Å². The normalized spacial score (nSPS) is 10.0. The van der Waals surface area contributed by atoms with Gasteiger partial charge in [-0.3, -0.25) is 4.79 Å². The molecule has 0 aliphatic carbocycles. The lowest BCUT2D eigenvalue weighted by molar-refractivity contribution is -0.143. The first-order chi connectivity index (χ1) is 8.26. The van der Waals surface area contributed by atoms with Gasteiger partial charge in [0.05, 0.1) is 13.7 Å². The molecule has 0 aliphatic heterocycles. The summed E-state index contributed by atoms with van der Waals surface area (Å²) in [4.78, 5) is 11.3. The van der Waals surface area contributed by atoms with Gasteiger partial charge in [0.25, 0.3) is 0 Å². The highest BCUT2D eigenvalue weighted by atomic mass is 16.5. The van der Waals surface area contributed by atoms with Crippen LogP contribution in [0.2, 0.25) is 0 Å². The molecule has 0 saturated heterocycles. The largest absolute Gasteiger partial charge is 0.497 e. The van der Waals surface area contributed by atoms with E-state index in [2.05, 4.69) is 0 Å². The van der Waals surface area contributed by atoms with Crippen molar-refractivity contribution in [1.82, 2.24) is 0 Å². The van der Waals surface area contributed by atoms with Crippen molar-refractivity contribution in [2.24, 2.45) is 0 Å². The van der Waals surface area contributed by atoms with E-state index in [0.29, 0.717) is 13.0 Å². The van der Waals surface area contributed by atoms with E-state index in [1.807, 2.05) is 31.2 Å². The summed E-state index contributed by atoms with van der Waals surface area (Å²) in [7, 11) is 1.65. The van der Waals surface area contributed by atoms with E-state index in [4.69, 9.17) is 9.47 Å². The fourth-order valence-electron chi connectivity index (χ4n) is 1.52. The van der Waals surface area contributed by atoms with Crippen LogP contribution in [0.25, 0.3) is 0 Å². The Labute approximate surface area is 103 Å². The highest BCUT2D eigenvalue weighted by Crippen LogP contribution is 2.13. The van der Waals surface area contributed by atoms with Crippen LogP contribution in [0.5, 0.6) is 5.75 Å². The van der Waals surface area contributed by atoms with Crippen LogP contribution in [-0.4, -0.2) is 19.7 Å². The molecule has 0 bridgehead atoms. The number of carbonyl (C=O) groups excluding carboxylic acids is 1. The molecular weight excluding hydrogens is 216 g/mol. The van der Waals surface area contributed by atoms with Crippen molar-refractivity contribution in [3.05, 3.63) is 29.8 Å². The highest BCUT2D eigenvalue weighted by Gasteiger charge is 2.02. The fraction of sp³-hybridized carbons (Fsp3) is 0.500. The molecule has 0 radical (unpaired) electrons. The third kappa shape index (κ3) is 5.38. The SMILES string of the molecule is CCCOC(=O)CCCc1ccc(OC)cc1. The maximum Gasteiger partial charge on any atom is 0.305 e. The molecule has 94 valence electrons. The minimum Gasteiger partial charge on any atom is -0.497 e. The van der Waals surface area contributed by atoms with Gasteiger partial charge in [-0.05, 0) is 37.0 Å². The Balaban J connectivity index is 2.23. The number of hydrogen-bond acceptors (Lipinski definition) is 3. The molecule has 0 N–H and O–H groups in total. The molecular formula is C14H20O3. The maximum absolute atomic E-state index is 11.3. The smallest absolute Gasteiger partial charge is 0.305 e. The molecule has 3 nitrogen and oxygen atoms in total. The van der Waals surface area contributed by atoms with Gasteiger partial charge in [-0.15, -0.1) is 0 Å². The molecule has 1 rings (SSSR count). The molecule has 0 fully saturated rings. The average Bonchev–Trinajstić information content (AvgIpc) is 2.37. The van der Waals surface area contributed by atoms with E-state index in [1.54, 1.807) is 7.11 Å². The van der Waals surface area contributed by atoms with Crippen molar-refractivity contribution in [2.75, 3.05) is 13.7 Å². The zero-order valence-electron chi connectivity index (χ0n) is 10.6. The van der Waals surface area contributed by atoms with Gasteiger partial charge in [0.15, 0.2) is 0 Å². The molecule has 1 aromatic carbocycles. The minimum absolute atomic E-state index is 0.0969. The number of methoxy groups -OCH3 is 1. The predicted molar refractivity (Wildman–Crippen MR) is 67.2 cm³/mol. The van der Waals surface area contributed by atoms with E-state index in [0.717, 1.165) is 25.0 Å². The highest BCUT2D eigenvalue weighted by molar-refractivity contribution is 5.69. The second kappa shape index (κ2) is 7.71. The van der Waals surface area contributed by atoms with Crippen molar-refractivity contribution >= 4 is 5.97 Å². The van der Waals surface area contributed by atoms with Gasteiger partial charge in [-0.2, -0.15) is 0 Å². The van der Waals surface area contributed by atoms with Gasteiger partial charge in [-0.25, -0.2) is 0 Å². The maximum atomic E-state index is 11.3. The van der Waals surface area contributed by atoms with Gasteiger partial charge >= 0.3 is 5.97 Å². The summed E-state index contributed by atoms with van der Waals surface area (Å²) in [5.74, 6) is 0.761. The van der Waals surface area contributed by atoms with Gasteiger partial charge in [-0.1, -0.05) is 19.1 Å². The molecule has 3 heteroatoms. The first kappa shape index (κ1) is 13.6. The monoisotopic (exact) mass is 236 g/mol. The van der Waals surface area contributed by atoms with Crippen LogP contribution < -0.4 is 4.74 Å². The molecule has 17 heavy (non-hydrogen) atoms. The summed E-state index contributed by atoms with van der Waals surface area (Å²) in [6.45, 7) is 2.52. The van der Waals surface area contributed by atoms with E-state index in [-0.39, 0.29) is 5.97 Å². The zero-order valence-corrected chi connectivity index (χ0v) is 10.6. The summed E-state index contributed by atoms with van der Waals surface area (Å²) >= 11 is 0. The molecule has 0 saturated carbocycles. The van der Waals surface area contributed by atoms with Crippen molar-refractivity contribution in [3.63, 3.8) is 0 Å². The summed E-state index contributed by atoms with van der Waals surface area (Å²) in [6, 6.07) is 7.92. The van der Waals surface area contributed by atoms with Crippen molar-refractivity contribution in [2.45, 2.75) is 32.6 Å². The van der Waals surface area contributed by atoms with Crippen molar-refractivity contribution < 1.29 is 14.3 Å². The summed E-state index contributed by atoms with van der Waals surface area (Å²) in [5.41, 5.74) is 1.22. The van der Waals surface area contributed by atoms with Crippen LogP contribution in [0, 0.1) is 0 Å². The van der Waals surface area contributed by atoms with Crippen LogP contribution in [0.15, 0.2) is 24.3 Å². The number of rotatable bonds is 7. The lowest BCUT2D eigenvalue weighted by Gasteiger charge is -2.04. The summed E-state index contributed by atoms with van der Waals surface area (Å²) in [5, 5.41) is 0. The lowest BCUT2D eigenvalue weighted by Crippen LogP contribution is -2.05. The average molecular weight is 236 g/mol.